The maximum absolute atomic E-state index is 6.16. The van der Waals surface area contributed by atoms with Crippen molar-refractivity contribution in [1.29, 1.82) is 0 Å². The van der Waals surface area contributed by atoms with Gasteiger partial charge in [-0.2, -0.15) is 0 Å². The number of hydrogen-bond acceptors (Lipinski definition) is 16. The zero-order chi connectivity index (χ0) is 39.9. The minimum Gasteiger partial charge on any atom is -0.381 e. The highest BCUT2D eigenvalue weighted by Crippen LogP contribution is 2.46. The van der Waals surface area contributed by atoms with Crippen molar-refractivity contribution in [3.63, 3.8) is 0 Å². The van der Waals surface area contributed by atoms with Gasteiger partial charge in [0.2, 0.25) is 0 Å². The Morgan fingerprint density at radius 1 is 0.214 bits per heavy atom. The number of methoxy groups -OCH3 is 8. The molecule has 0 amide bonds. The lowest BCUT2D eigenvalue weighted by Crippen LogP contribution is -2.43. The molecule has 10 aliphatic heterocycles. The summed E-state index contributed by atoms with van der Waals surface area (Å²) in [7, 11) is 31.4. The molecule has 0 aromatic carbocycles. The Morgan fingerprint density at radius 3 is 0.411 bits per heavy atom. The summed E-state index contributed by atoms with van der Waals surface area (Å²) in [6, 6.07) is 0. The summed E-state index contributed by atoms with van der Waals surface area (Å²) >= 11 is 0. The van der Waals surface area contributed by atoms with Crippen LogP contribution in [0.5, 0.6) is 0 Å². The molecule has 7 unspecified atom stereocenters. The van der Waals surface area contributed by atoms with E-state index in [4.69, 9.17) is 37.9 Å². The molecule has 8 bridgehead atoms. The van der Waals surface area contributed by atoms with Crippen molar-refractivity contribution in [2.75, 3.05) is 103 Å². The van der Waals surface area contributed by atoms with E-state index >= 15 is 0 Å². The van der Waals surface area contributed by atoms with E-state index in [0.717, 1.165) is 97.4 Å². The largest absolute Gasteiger partial charge is 0.381 e. The summed E-state index contributed by atoms with van der Waals surface area (Å²) in [4.78, 5) is 0. The first-order valence-electron chi connectivity index (χ1n) is 20.6. The molecule has 4 aliphatic carbocycles. The molecule has 56 heavy (non-hydrogen) atoms. The summed E-state index contributed by atoms with van der Waals surface area (Å²) in [6.45, 7) is 0. The van der Waals surface area contributed by atoms with Crippen LogP contribution in [0.4, 0.5) is 0 Å². The summed E-state index contributed by atoms with van der Waals surface area (Å²) < 4.78 is 49.3. The zero-order valence-electron chi connectivity index (χ0n) is 35.1. The maximum atomic E-state index is 6.16. The van der Waals surface area contributed by atoms with E-state index in [1.165, 1.54) is 0 Å². The van der Waals surface area contributed by atoms with Crippen LogP contribution in [0, 0.1) is 47.3 Å². The molecule has 328 valence electrons. The molecule has 0 radical (unpaired) electrons. The molecular formula is C40H72O8S8. The lowest BCUT2D eigenvalue weighted by Gasteiger charge is -2.41. The van der Waals surface area contributed by atoms with Gasteiger partial charge in [0.1, 0.15) is 0 Å². The Hall–Kier alpha value is 2.48. The van der Waals surface area contributed by atoms with E-state index in [2.05, 4.69) is 0 Å². The fourth-order valence-corrected chi connectivity index (χ4v) is 21.4. The molecule has 0 N–H and O–H groups in total. The number of rotatable bonds is 8. The average Bonchev–Trinajstić information content (AvgIpc) is 3.23. The molecule has 16 atom stereocenters. The second-order valence-corrected chi connectivity index (χ2v) is 26.6. The number of ether oxygens (including phenoxy) is 8. The van der Waals surface area contributed by atoms with Gasteiger partial charge in [0.15, 0.2) is 0 Å². The molecule has 16 heteroatoms. The van der Waals surface area contributed by atoms with E-state index in [0.29, 0.717) is 47.3 Å². The third-order valence-corrected chi connectivity index (χ3v) is 23.9. The Kier molecular flexibility index (Phi) is 23.8. The summed E-state index contributed by atoms with van der Waals surface area (Å²) in [5, 5.41) is 0. The van der Waals surface area contributed by atoms with E-state index < -0.39 is 0 Å². The Labute approximate surface area is 371 Å². The van der Waals surface area contributed by atoms with Crippen molar-refractivity contribution >= 4 is 86.4 Å². The zero-order valence-corrected chi connectivity index (χ0v) is 41.6. The van der Waals surface area contributed by atoms with Crippen LogP contribution < -0.4 is 0 Å². The van der Waals surface area contributed by atoms with Crippen molar-refractivity contribution < 1.29 is 37.9 Å². The topological polar surface area (TPSA) is 73.8 Å². The van der Waals surface area contributed by atoms with Crippen molar-refractivity contribution in [2.24, 2.45) is 47.3 Å². The van der Waals surface area contributed by atoms with Crippen molar-refractivity contribution in [1.82, 2.24) is 0 Å². The highest BCUT2D eigenvalue weighted by Gasteiger charge is 2.42. The molecule has 14 fully saturated rings. The monoisotopic (exact) mass is 936 g/mol. The molecule has 14 rings (SSSR count). The van der Waals surface area contributed by atoms with Crippen molar-refractivity contribution in [3.05, 3.63) is 0 Å². The van der Waals surface area contributed by atoms with Crippen LogP contribution in [0.25, 0.3) is 0 Å². The predicted octanol–water partition coefficient (Wildman–Crippen LogP) is 9.75. The third kappa shape index (κ3) is 14.2. The molecule has 10 heterocycles. The molecule has 0 aromatic rings. The van der Waals surface area contributed by atoms with Gasteiger partial charge < -0.3 is 37.9 Å². The van der Waals surface area contributed by atoms with Crippen LogP contribution in [0.3, 0.4) is 0 Å². The van der Waals surface area contributed by atoms with E-state index in [1.807, 2.05) is 143 Å². The molecule has 8 nitrogen and oxygen atoms in total. The van der Waals surface area contributed by atoms with Gasteiger partial charge >= 0.3 is 0 Å². The van der Waals surface area contributed by atoms with Crippen LogP contribution in [0.1, 0.15) is 51.4 Å². The van der Waals surface area contributed by atoms with Crippen LogP contribution >= 0.6 is 86.4 Å². The fourth-order valence-electron chi connectivity index (χ4n) is 9.94. The second kappa shape index (κ2) is 27.0. The standard InChI is InChI=1S/C40H72O8S8/c1-41-33-9-26-18-50-52-20-28-12-38(46-6)30(14-37(28)45-5)22-54-56-24-32-16-39(47-7)31(15-40(32)48-8)23-55-53-21-29-13-35(43-3)27(11-36(29)44-4)19-51-49-17-25(33)10-34(26)42-2/h25-40H,9-24H2,1-8H3/t25-,26-,27-,28-,29-,30-,31-,32-,33-,34?,35?,36?,37?,38?,39?,40?/m1/s1. The molecule has 14 aliphatic rings. The van der Waals surface area contributed by atoms with Gasteiger partial charge in [0.05, 0.1) is 48.8 Å². The van der Waals surface area contributed by atoms with Gasteiger partial charge in [-0.05, 0) is 98.7 Å². The first-order valence-corrected chi connectivity index (χ1v) is 30.5. The highest BCUT2D eigenvalue weighted by atomic mass is 33.1. The molecular weight excluding hydrogens is 865 g/mol. The van der Waals surface area contributed by atoms with Gasteiger partial charge in [-0.15, -0.1) is 0 Å². The summed E-state index contributed by atoms with van der Waals surface area (Å²) in [5.41, 5.74) is 0. The quantitative estimate of drug-likeness (QED) is 0.217. The average molecular weight is 938 g/mol. The van der Waals surface area contributed by atoms with Gasteiger partial charge in [-0.25, -0.2) is 0 Å². The van der Waals surface area contributed by atoms with Gasteiger partial charge in [0.25, 0.3) is 0 Å². The van der Waals surface area contributed by atoms with Crippen LogP contribution in [-0.4, -0.2) is 152 Å². The summed E-state index contributed by atoms with van der Waals surface area (Å²) in [6.07, 6.45) is 10.7. The number of hydrogen-bond donors (Lipinski definition) is 0. The minimum absolute atomic E-state index is 0.276. The molecule has 4 saturated carbocycles. The predicted molar refractivity (Wildman–Crippen MR) is 251 cm³/mol. The first kappa shape index (κ1) is 49.5. The lowest BCUT2D eigenvalue weighted by atomic mass is 9.79. The molecule has 10 saturated heterocycles. The Bertz CT molecular complexity index is 836. The molecule has 0 aromatic heterocycles. The third-order valence-electron chi connectivity index (χ3n) is 13.5. The fraction of sp³-hybridized carbons (Fsp3) is 1.00. The Morgan fingerprint density at radius 2 is 0.321 bits per heavy atom. The van der Waals surface area contributed by atoms with Gasteiger partial charge in [-0.1, -0.05) is 86.4 Å². The Balaban J connectivity index is 1.23. The lowest BCUT2D eigenvalue weighted by molar-refractivity contribution is -0.0552. The van der Waals surface area contributed by atoms with Crippen molar-refractivity contribution in [2.45, 2.75) is 100 Å². The molecule has 0 spiro atoms. The van der Waals surface area contributed by atoms with Crippen LogP contribution in [-0.2, 0) is 37.9 Å². The van der Waals surface area contributed by atoms with Gasteiger partial charge in [0, 0.05) is 103 Å². The first-order chi connectivity index (χ1) is 27.4. The van der Waals surface area contributed by atoms with Gasteiger partial charge in [-0.3, -0.25) is 0 Å². The van der Waals surface area contributed by atoms with E-state index in [1.54, 1.807) is 0 Å². The van der Waals surface area contributed by atoms with Crippen LogP contribution in [0.15, 0.2) is 0 Å². The SMILES string of the molecule is COC1C[C@@H]2CSSC[C@H]3CC(OC)[C@@H](CSSC[C@H]4CC(OC)[C@@H](CSSC[C@H]5CC(OC)[C@@H](CSSC[C@H]1CC2OC)CC5OC)C[C@H]4OC)CC3OC. The normalized spacial score (nSPS) is 43.3. The maximum Gasteiger partial charge on any atom is 0.0612 e. The van der Waals surface area contributed by atoms with E-state index in [9.17, 15) is 0 Å². The summed E-state index contributed by atoms with van der Waals surface area (Å²) in [5.74, 6) is 12.6. The van der Waals surface area contributed by atoms with E-state index in [-0.39, 0.29) is 48.8 Å². The van der Waals surface area contributed by atoms with Crippen LogP contribution in [0.2, 0.25) is 0 Å². The minimum atomic E-state index is 0.276. The highest BCUT2D eigenvalue weighted by molar-refractivity contribution is 8.77. The second-order valence-electron chi connectivity index (χ2n) is 16.4. The van der Waals surface area contributed by atoms with Crippen molar-refractivity contribution in [3.8, 4) is 0 Å². The smallest absolute Gasteiger partial charge is 0.0612 e.